The molecule has 0 radical (unpaired) electrons. The van der Waals surface area contributed by atoms with Crippen molar-refractivity contribution in [3.8, 4) is 5.75 Å². The summed E-state index contributed by atoms with van der Waals surface area (Å²) in [4.78, 5) is 25.7. The Morgan fingerprint density at radius 3 is 2.55 bits per heavy atom. The van der Waals surface area contributed by atoms with Crippen LogP contribution in [0.5, 0.6) is 5.75 Å². The fourth-order valence-corrected chi connectivity index (χ4v) is 3.44. The van der Waals surface area contributed by atoms with Gasteiger partial charge in [0.15, 0.2) is 6.10 Å². The van der Waals surface area contributed by atoms with E-state index in [0.717, 1.165) is 17.8 Å². The van der Waals surface area contributed by atoms with Crippen LogP contribution in [-0.4, -0.2) is 49.0 Å². The molecule has 2 aromatic carbocycles. The lowest BCUT2D eigenvalue weighted by Crippen LogP contribution is -2.55. The highest BCUT2D eigenvalue weighted by Gasteiger charge is 2.29. The number of benzene rings is 2. The molecule has 0 saturated heterocycles. The third-order valence-corrected chi connectivity index (χ3v) is 4.87. The maximum absolute atomic E-state index is 12.4. The lowest BCUT2D eigenvalue weighted by molar-refractivity contribution is -0.149. The lowest BCUT2D eigenvalue weighted by atomic mass is 10.1. The summed E-state index contributed by atoms with van der Waals surface area (Å²) in [6.07, 6.45) is -0.832. The molecule has 0 aromatic heterocycles. The normalized spacial score (nSPS) is 16.7. The van der Waals surface area contributed by atoms with Crippen LogP contribution in [-0.2, 0) is 16.0 Å². The van der Waals surface area contributed by atoms with Gasteiger partial charge < -0.3 is 24.8 Å². The van der Waals surface area contributed by atoms with Gasteiger partial charge in [0.05, 0.1) is 11.3 Å². The number of likely N-dealkylation sites (N-methyl/N-ethyl adjacent to an activating group) is 1. The average molecular weight is 398 g/mol. The molecule has 1 heterocycles. The van der Waals surface area contributed by atoms with Gasteiger partial charge in [0, 0.05) is 19.6 Å². The zero-order chi connectivity index (χ0) is 20.8. The Bertz CT molecular complexity index is 853. The molecule has 29 heavy (non-hydrogen) atoms. The fraction of sp³-hybridized carbons (Fsp3) is 0.364. The highest BCUT2D eigenvalue weighted by Crippen LogP contribution is 2.26. The minimum Gasteiger partial charge on any atom is -0.489 e. The van der Waals surface area contributed by atoms with Gasteiger partial charge in [-0.25, -0.2) is 4.79 Å². The van der Waals surface area contributed by atoms with Gasteiger partial charge in [-0.15, -0.1) is 0 Å². The first-order valence-electron chi connectivity index (χ1n) is 9.76. The Labute approximate surface area is 170 Å². The zero-order valence-electron chi connectivity index (χ0n) is 16.6. The number of nitrogens with one attached hydrogen (secondary N) is 1. The molecule has 0 bridgehead atoms. The van der Waals surface area contributed by atoms with Crippen LogP contribution in [0.4, 0.5) is 5.69 Å². The van der Waals surface area contributed by atoms with Crippen LogP contribution in [0.3, 0.4) is 0 Å². The van der Waals surface area contributed by atoms with Gasteiger partial charge in [-0.2, -0.15) is 0 Å². The predicted molar refractivity (Wildman–Crippen MR) is 109 cm³/mol. The van der Waals surface area contributed by atoms with E-state index in [2.05, 4.69) is 10.2 Å². The second kappa shape index (κ2) is 9.43. The number of carboxylic acid groups (broad SMARTS) is 1. The van der Waals surface area contributed by atoms with E-state index < -0.39 is 12.1 Å². The zero-order valence-corrected chi connectivity index (χ0v) is 16.6. The van der Waals surface area contributed by atoms with Gasteiger partial charge in [0.25, 0.3) is 5.91 Å². The van der Waals surface area contributed by atoms with E-state index >= 15 is 0 Å². The van der Waals surface area contributed by atoms with E-state index in [1.165, 1.54) is 0 Å². The first-order chi connectivity index (χ1) is 14.0. The molecule has 2 unspecified atom stereocenters. The van der Waals surface area contributed by atoms with E-state index in [4.69, 9.17) is 9.47 Å². The van der Waals surface area contributed by atoms with Crippen LogP contribution in [0.2, 0.25) is 0 Å². The third kappa shape index (κ3) is 4.86. The smallest absolute Gasteiger partial charge is 0.333 e. The first kappa shape index (κ1) is 20.7. The van der Waals surface area contributed by atoms with E-state index in [9.17, 15) is 14.7 Å². The largest absolute Gasteiger partial charge is 0.489 e. The summed E-state index contributed by atoms with van der Waals surface area (Å²) in [5.41, 5.74) is 2.42. The molecule has 1 aliphatic heterocycles. The summed E-state index contributed by atoms with van der Waals surface area (Å²) in [6, 6.07) is 14.8. The number of carbonyl (C=O) groups is 2. The van der Waals surface area contributed by atoms with Crippen molar-refractivity contribution in [1.29, 1.82) is 0 Å². The quantitative estimate of drug-likeness (QED) is 0.675. The average Bonchev–Trinajstić information content (AvgIpc) is 2.73. The Kier molecular flexibility index (Phi) is 6.72. The number of carbonyl (C=O) groups excluding carboxylic acids is 1. The molecule has 2 aromatic rings. The van der Waals surface area contributed by atoms with Gasteiger partial charge in [-0.1, -0.05) is 24.3 Å². The molecule has 7 nitrogen and oxygen atoms in total. The lowest BCUT2D eigenvalue weighted by Gasteiger charge is -2.38. The topological polar surface area (TPSA) is 88.1 Å². The maximum Gasteiger partial charge on any atom is 0.333 e. The Morgan fingerprint density at radius 2 is 1.90 bits per heavy atom. The van der Waals surface area contributed by atoms with Gasteiger partial charge >= 0.3 is 5.97 Å². The molecule has 0 saturated carbocycles. The number of hydrogen-bond donors (Lipinski definition) is 2. The number of anilines is 1. The maximum atomic E-state index is 12.4. The van der Waals surface area contributed by atoms with Crippen LogP contribution >= 0.6 is 0 Å². The van der Waals surface area contributed by atoms with E-state index in [-0.39, 0.29) is 12.1 Å². The summed E-state index contributed by atoms with van der Waals surface area (Å²) in [6.45, 7) is 5.19. The van der Waals surface area contributed by atoms with Crippen LogP contribution in [0.25, 0.3) is 0 Å². The number of carboxylic acids is 1. The number of nitrogens with zero attached hydrogens (tertiary/aromatic N) is 1. The second-order valence-corrected chi connectivity index (χ2v) is 6.73. The van der Waals surface area contributed by atoms with Gasteiger partial charge in [-0.3, -0.25) is 4.79 Å². The number of aliphatic carboxylic acids is 1. The number of para-hydroxylation sites is 1. The molecule has 2 N–H and O–H groups in total. The monoisotopic (exact) mass is 398 g/mol. The first-order valence-corrected chi connectivity index (χ1v) is 9.76. The highest BCUT2D eigenvalue weighted by atomic mass is 16.5. The molecule has 1 aliphatic rings. The van der Waals surface area contributed by atoms with Crippen molar-refractivity contribution >= 4 is 17.6 Å². The Hall–Kier alpha value is -3.06. The van der Waals surface area contributed by atoms with Crippen molar-refractivity contribution in [2.24, 2.45) is 0 Å². The van der Waals surface area contributed by atoms with E-state index in [1.807, 2.05) is 43.3 Å². The van der Waals surface area contributed by atoms with Crippen molar-refractivity contribution in [3.63, 3.8) is 0 Å². The predicted octanol–water partition coefficient (Wildman–Crippen LogP) is 2.69. The summed E-state index contributed by atoms with van der Waals surface area (Å²) >= 11 is 0. The van der Waals surface area contributed by atoms with Crippen LogP contribution in [0, 0.1) is 0 Å². The second-order valence-electron chi connectivity index (χ2n) is 6.73. The molecule has 0 aliphatic carbocycles. The number of rotatable bonds is 9. The molecule has 2 atom stereocenters. The van der Waals surface area contributed by atoms with Crippen LogP contribution < -0.4 is 15.0 Å². The highest BCUT2D eigenvalue weighted by molar-refractivity contribution is 6.01. The third-order valence-electron chi connectivity index (χ3n) is 4.87. The molecule has 3 rings (SSSR count). The molecule has 154 valence electrons. The summed E-state index contributed by atoms with van der Waals surface area (Å²) in [7, 11) is 0. The van der Waals surface area contributed by atoms with Crippen molar-refractivity contribution in [2.45, 2.75) is 32.5 Å². The Balaban J connectivity index is 1.63. The SMILES string of the molecule is CCOC(Cc1ccc(OCC2NC(=O)c3ccccc3N2CC)cc1)C(=O)O. The summed E-state index contributed by atoms with van der Waals surface area (Å²) in [5.74, 6) is -0.425. The van der Waals surface area contributed by atoms with Crippen LogP contribution in [0.1, 0.15) is 29.8 Å². The minimum atomic E-state index is -0.972. The fourth-order valence-electron chi connectivity index (χ4n) is 3.44. The number of ether oxygens (including phenoxy) is 2. The van der Waals surface area contributed by atoms with Gasteiger partial charge in [-0.05, 0) is 43.7 Å². The summed E-state index contributed by atoms with van der Waals surface area (Å²) in [5, 5.41) is 12.2. The number of hydrogen-bond acceptors (Lipinski definition) is 5. The molecular formula is C22H26N2O5. The molecule has 0 fully saturated rings. The molecule has 0 spiro atoms. The van der Waals surface area contributed by atoms with Crippen molar-refractivity contribution < 1.29 is 24.2 Å². The summed E-state index contributed by atoms with van der Waals surface area (Å²) < 4.78 is 11.1. The van der Waals surface area contributed by atoms with Gasteiger partial charge in [0.1, 0.15) is 18.5 Å². The Morgan fingerprint density at radius 1 is 1.17 bits per heavy atom. The van der Waals surface area contributed by atoms with E-state index in [0.29, 0.717) is 30.9 Å². The van der Waals surface area contributed by atoms with Crippen molar-refractivity contribution in [3.05, 3.63) is 59.7 Å². The molecule has 7 heteroatoms. The molecular weight excluding hydrogens is 372 g/mol. The van der Waals surface area contributed by atoms with Crippen molar-refractivity contribution in [1.82, 2.24) is 5.32 Å². The van der Waals surface area contributed by atoms with Crippen molar-refractivity contribution in [2.75, 3.05) is 24.7 Å². The number of fused-ring (bicyclic) bond motifs is 1. The molecule has 1 amide bonds. The van der Waals surface area contributed by atoms with Crippen LogP contribution in [0.15, 0.2) is 48.5 Å². The van der Waals surface area contributed by atoms with Gasteiger partial charge in [0.2, 0.25) is 0 Å². The standard InChI is InChI=1S/C22H26N2O5/c1-3-24-18-8-6-5-7-17(18)21(25)23-20(24)14-29-16-11-9-15(10-12-16)13-19(22(26)27)28-4-2/h5-12,19-20H,3-4,13-14H2,1-2H3,(H,23,25)(H,26,27). The number of amides is 1. The van der Waals surface area contributed by atoms with E-state index in [1.54, 1.807) is 19.1 Å². The minimum absolute atomic E-state index is 0.107.